The second-order valence-electron chi connectivity index (χ2n) is 0. The summed E-state index contributed by atoms with van der Waals surface area (Å²) in [6.07, 6.45) is 0. The number of rotatable bonds is 0. The fourth-order valence-corrected chi connectivity index (χ4v) is 0. The van der Waals surface area contributed by atoms with Gasteiger partial charge in [0.05, 0.1) is 0 Å². The van der Waals surface area contributed by atoms with E-state index in [1.165, 1.54) is 0 Å². The van der Waals surface area contributed by atoms with E-state index in [0.717, 1.165) is 0 Å². The summed E-state index contributed by atoms with van der Waals surface area (Å²) in [6, 6.07) is 0. The quantitative estimate of drug-likeness (QED) is 0.250. The first kappa shape index (κ1) is 3740. The van der Waals surface area contributed by atoms with Gasteiger partial charge in [0.2, 0.25) is 0 Å². The van der Waals surface area contributed by atoms with Crippen LogP contribution in [0, 0.1) is 0 Å². The number of hydrogen-bond acceptors (Lipinski definition) is 1. The van der Waals surface area contributed by atoms with Gasteiger partial charge in [-0.25, -0.2) is 0 Å². The van der Waals surface area contributed by atoms with Crippen molar-refractivity contribution < 1.29 is 18.8 Å². The summed E-state index contributed by atoms with van der Waals surface area (Å²) < 4.78 is 0. The van der Waals surface area contributed by atoms with Gasteiger partial charge in [-0.3, -0.25) is 4.70 Å². The van der Waals surface area contributed by atoms with E-state index in [9.17, 15) is 0 Å². The topological polar surface area (TPSA) is 35.0 Å². The predicted molar refractivity (Wildman–Crippen MR) is 13.3 cm³/mol. The second kappa shape index (κ2) is 2050. The average molecular weight is 121 g/mol. The molecule has 40 valence electrons. The van der Waals surface area contributed by atoms with E-state index in [-0.39, 0.29) is 42.3 Å². The third-order valence-electron chi connectivity index (χ3n) is 0. The first-order chi connectivity index (χ1) is 0. The van der Waals surface area contributed by atoms with Crippen molar-refractivity contribution in [3.63, 3.8) is 0 Å². The fourth-order valence-electron chi connectivity index (χ4n) is 0. The van der Waals surface area contributed by atoms with E-state index in [0.29, 0.717) is 0 Å². The maximum atomic E-state index is 0. The summed E-state index contributed by atoms with van der Waals surface area (Å²) >= 11 is 0. The van der Waals surface area contributed by atoms with Gasteiger partial charge in [-0.05, 0) is 0 Å². The Morgan fingerprint density at radius 2 is 0.667 bits per heavy atom. The van der Waals surface area contributed by atoms with Crippen LogP contribution in [0.3, 0.4) is 0 Å². The Kier molecular flexibility index (Phi) is 1280000. The predicted octanol–water partition coefficient (Wildman–Crippen LogP) is -9.05. The Bertz CT molecular complexity index is 7.51. The van der Waals surface area contributed by atoms with Gasteiger partial charge in [-0.1, -0.05) is 0 Å². The molecule has 0 unspecified atom stereocenters. The zero-order valence-corrected chi connectivity index (χ0v) is 3.98. The van der Waals surface area contributed by atoms with Crippen molar-refractivity contribution in [1.29, 1.82) is 0 Å². The average Bonchev–Trinajstić information content (AvgIpc) is 0. The molecule has 0 heterocycles. The molecule has 0 aromatic heterocycles. The van der Waals surface area contributed by atoms with E-state index >= 15 is 0 Å². The van der Waals surface area contributed by atoms with Gasteiger partial charge in [0, 0.05) is 0 Å². The van der Waals surface area contributed by atoms with Crippen LogP contribution in [0.15, 0.2) is 0 Å². The molecule has 6 heteroatoms. The maximum Gasteiger partial charge on any atom is 3.00 e. The van der Waals surface area contributed by atoms with Crippen LogP contribution < -0.4 is 20.3 Å². The van der Waals surface area contributed by atoms with Crippen LogP contribution in [0.25, 0.3) is 0 Å². The third kappa shape index (κ3) is 963. The van der Waals surface area contributed by atoms with Crippen molar-refractivity contribution in [2.45, 2.75) is 0 Å². The summed E-state index contributed by atoms with van der Waals surface area (Å²) in [7, 11) is 0. The molecule has 0 aliphatic carbocycles. The fraction of sp³-hybridized carbons (Fsp3) is 0. The molecule has 0 radical (unpaired) electrons. The molecule has 3 N–H and O–H groups in total. The molecule has 1 nitrogen and oxygen atoms in total. The van der Waals surface area contributed by atoms with Crippen LogP contribution in [0.5, 0.6) is 0 Å². The van der Waals surface area contributed by atoms with Gasteiger partial charge in [0.1, 0.15) is 0 Å². The minimum atomic E-state index is 0. The summed E-state index contributed by atoms with van der Waals surface area (Å²) in [5.41, 5.74) is 0. The van der Waals surface area contributed by atoms with Crippen LogP contribution in [-0.2, 0) is 0 Å². The van der Waals surface area contributed by atoms with E-state index in [1.807, 2.05) is 0 Å². The van der Waals surface area contributed by atoms with Gasteiger partial charge in [-0.15, -0.1) is 0 Å². The maximum absolute atomic E-state index is 0. The molecule has 0 saturated carbocycles. The van der Waals surface area contributed by atoms with Crippen molar-refractivity contribution in [2.24, 2.45) is 0 Å². The van der Waals surface area contributed by atoms with Crippen molar-refractivity contribution in [3.05, 3.63) is 0 Å². The molecule has 0 aromatic carbocycles. The van der Waals surface area contributed by atoms with Gasteiger partial charge in [0.25, 0.3) is 0 Å². The Hall–Kier alpha value is 0.212. The molecule has 0 spiro atoms. The van der Waals surface area contributed by atoms with Gasteiger partial charge < -0.3 is 20.3 Å². The van der Waals surface area contributed by atoms with Crippen LogP contribution >= 0.6 is 0 Å². The van der Waals surface area contributed by atoms with Crippen LogP contribution in [0.4, 0.5) is 4.70 Å². The van der Waals surface area contributed by atoms with Crippen molar-refractivity contribution in [1.82, 2.24) is 6.15 Å². The summed E-state index contributed by atoms with van der Waals surface area (Å²) in [5, 5.41) is 0. The Labute approximate surface area is 43.3 Å². The number of hydrogen-bond donors (Lipinski definition) is 1. The van der Waals surface area contributed by atoms with Crippen LogP contribution in [-0.4, -0.2) is 17.4 Å². The molecule has 0 aromatic rings. The van der Waals surface area contributed by atoms with E-state index in [4.69, 9.17) is 0 Å². The van der Waals surface area contributed by atoms with Crippen molar-refractivity contribution in [2.75, 3.05) is 0 Å². The Morgan fingerprint density at radius 1 is 0.667 bits per heavy atom. The normalized spacial score (nSPS) is 0. The standard InChI is InChI=1S/Al.4FH.H3N/h;4*1H;1H3/q+3;;;;;/p-3. The van der Waals surface area contributed by atoms with Crippen molar-refractivity contribution >= 4 is 17.4 Å². The Balaban J connectivity index is 0. The first-order valence-electron chi connectivity index (χ1n) is 0. The molecule has 0 rings (SSSR count). The summed E-state index contributed by atoms with van der Waals surface area (Å²) in [4.78, 5) is 0. The van der Waals surface area contributed by atoms with Gasteiger partial charge >= 0.3 is 17.4 Å². The molecule has 0 aliphatic heterocycles. The molecule has 0 amide bonds. The minimum Gasteiger partial charge on any atom is -1.00 e. The van der Waals surface area contributed by atoms with E-state index < -0.39 is 0 Å². The molecule has 0 saturated heterocycles. The molecule has 6 heavy (non-hydrogen) atoms. The zero-order chi connectivity index (χ0) is 0. The van der Waals surface area contributed by atoms with Gasteiger partial charge in [0.15, 0.2) is 0 Å². The molecule has 0 bridgehead atoms. The van der Waals surface area contributed by atoms with Crippen molar-refractivity contribution in [3.8, 4) is 0 Å². The van der Waals surface area contributed by atoms with Crippen LogP contribution in [0.1, 0.15) is 0 Å². The molecular formula is H4AlF4N. The second-order valence-corrected chi connectivity index (χ2v) is 0. The molecule has 0 atom stereocenters. The summed E-state index contributed by atoms with van der Waals surface area (Å²) in [6.45, 7) is 0. The smallest absolute Gasteiger partial charge is 1.00 e. The molecule has 0 fully saturated rings. The van der Waals surface area contributed by atoms with E-state index in [2.05, 4.69) is 0 Å². The summed E-state index contributed by atoms with van der Waals surface area (Å²) in [5.74, 6) is 0. The number of halogens is 4. The minimum absolute atomic E-state index is 0. The Morgan fingerprint density at radius 3 is 0.667 bits per heavy atom. The SMILES string of the molecule is F.N.[Al+3].[F-].[F-].[F-]. The zero-order valence-electron chi connectivity index (χ0n) is 2.83. The molecular weight excluding hydrogens is 117 g/mol. The van der Waals surface area contributed by atoms with Gasteiger partial charge in [-0.2, -0.15) is 0 Å². The molecule has 0 aliphatic rings. The van der Waals surface area contributed by atoms with E-state index in [1.54, 1.807) is 0 Å². The monoisotopic (exact) mass is 121 g/mol. The van der Waals surface area contributed by atoms with Crippen LogP contribution in [0.2, 0.25) is 0 Å². The first-order valence-corrected chi connectivity index (χ1v) is 0. The third-order valence-corrected chi connectivity index (χ3v) is 0. The largest absolute Gasteiger partial charge is 3.00 e.